The second kappa shape index (κ2) is 8.93. The maximum absolute atomic E-state index is 5.68. The summed E-state index contributed by atoms with van der Waals surface area (Å²) < 4.78 is 0. The minimum Gasteiger partial charge on any atom is -0.345 e. The second-order valence-corrected chi connectivity index (χ2v) is 8.52. The average Bonchev–Trinajstić information content (AvgIpc) is 3.25. The fraction of sp³-hybridized carbons (Fsp3) is 0.304. The van der Waals surface area contributed by atoms with Gasteiger partial charge in [-0.25, -0.2) is 4.98 Å². The third-order valence-corrected chi connectivity index (χ3v) is 6.58. The number of hydrogen-bond acceptors (Lipinski definition) is 4. The van der Waals surface area contributed by atoms with Gasteiger partial charge in [0.25, 0.3) is 0 Å². The lowest BCUT2D eigenvalue weighted by Crippen LogP contribution is -2.50. The van der Waals surface area contributed by atoms with Gasteiger partial charge in [0, 0.05) is 42.8 Å². The normalized spacial score (nSPS) is 14.1. The zero-order valence-corrected chi connectivity index (χ0v) is 18.5. The van der Waals surface area contributed by atoms with Crippen LogP contribution in [0.15, 0.2) is 53.9 Å². The smallest absolute Gasteiger partial charge is 0.185 e. The molecule has 0 spiro atoms. The lowest BCUT2D eigenvalue weighted by Gasteiger charge is -2.36. The molecule has 1 fully saturated rings. The lowest BCUT2D eigenvalue weighted by molar-refractivity contribution is 0.390. The van der Waals surface area contributed by atoms with Crippen molar-refractivity contribution in [2.45, 2.75) is 20.3 Å². The molecular formula is C23H26N4S2. The predicted octanol–water partition coefficient (Wildman–Crippen LogP) is 5.20. The van der Waals surface area contributed by atoms with Crippen molar-refractivity contribution in [3.63, 3.8) is 0 Å². The van der Waals surface area contributed by atoms with Crippen molar-refractivity contribution in [1.82, 2.24) is 9.88 Å². The van der Waals surface area contributed by atoms with Crippen LogP contribution in [0.25, 0.3) is 11.3 Å². The number of benzene rings is 2. The van der Waals surface area contributed by atoms with Crippen LogP contribution in [0.5, 0.6) is 0 Å². The van der Waals surface area contributed by atoms with Crippen LogP contribution in [0.1, 0.15) is 18.1 Å². The van der Waals surface area contributed by atoms with E-state index in [0.717, 1.165) is 54.2 Å². The largest absolute Gasteiger partial charge is 0.345 e. The molecule has 0 aliphatic carbocycles. The second-order valence-electron chi connectivity index (χ2n) is 7.30. The number of nitrogens with one attached hydrogen (secondary N) is 1. The van der Waals surface area contributed by atoms with Crippen molar-refractivity contribution in [2.75, 3.05) is 36.4 Å². The molecule has 0 unspecified atom stereocenters. The van der Waals surface area contributed by atoms with Gasteiger partial charge in [0.15, 0.2) is 10.2 Å². The van der Waals surface area contributed by atoms with E-state index in [1.807, 2.05) is 0 Å². The summed E-state index contributed by atoms with van der Waals surface area (Å²) in [6.07, 6.45) is 0.993. The molecule has 1 saturated heterocycles. The van der Waals surface area contributed by atoms with E-state index >= 15 is 0 Å². The van der Waals surface area contributed by atoms with Crippen LogP contribution < -0.4 is 10.2 Å². The molecule has 0 saturated carbocycles. The Labute approximate surface area is 182 Å². The Hall–Kier alpha value is -2.44. The molecule has 2 aromatic carbocycles. The standard InChI is InChI=1S/C23H26N4S2/c1-3-18-6-4-5-7-20(18)24-22(28)26-12-14-27(15-13-26)23-25-21(16-29-23)19-10-8-17(2)9-11-19/h4-11,16H,3,12-15H2,1-2H3,(H,24,28). The molecule has 0 atom stereocenters. The van der Waals surface area contributed by atoms with Gasteiger partial charge in [-0.15, -0.1) is 11.3 Å². The van der Waals surface area contributed by atoms with Gasteiger partial charge in [0.05, 0.1) is 5.69 Å². The van der Waals surface area contributed by atoms with Crippen LogP contribution in [0.4, 0.5) is 10.8 Å². The molecule has 1 N–H and O–H groups in total. The Morgan fingerprint density at radius 2 is 1.79 bits per heavy atom. The molecule has 29 heavy (non-hydrogen) atoms. The number of hydrogen-bond donors (Lipinski definition) is 1. The van der Waals surface area contributed by atoms with Crippen molar-refractivity contribution in [3.05, 3.63) is 65.0 Å². The fourth-order valence-electron chi connectivity index (χ4n) is 3.51. The van der Waals surface area contributed by atoms with Crippen LogP contribution in [0.2, 0.25) is 0 Å². The summed E-state index contributed by atoms with van der Waals surface area (Å²) in [6, 6.07) is 16.9. The van der Waals surface area contributed by atoms with Gasteiger partial charge in [-0.2, -0.15) is 0 Å². The predicted molar refractivity (Wildman–Crippen MR) is 128 cm³/mol. The molecular weight excluding hydrogens is 396 g/mol. The van der Waals surface area contributed by atoms with Crippen LogP contribution >= 0.6 is 23.6 Å². The van der Waals surface area contributed by atoms with E-state index in [1.165, 1.54) is 16.7 Å². The number of nitrogens with zero attached hydrogens (tertiary/aromatic N) is 3. The number of aryl methyl sites for hydroxylation is 2. The van der Waals surface area contributed by atoms with Gasteiger partial charge in [-0.05, 0) is 37.2 Å². The molecule has 4 rings (SSSR count). The van der Waals surface area contributed by atoms with Crippen molar-refractivity contribution in [2.24, 2.45) is 0 Å². The van der Waals surface area contributed by atoms with Crippen molar-refractivity contribution < 1.29 is 0 Å². The molecule has 0 bridgehead atoms. The molecule has 3 aromatic rings. The highest BCUT2D eigenvalue weighted by Crippen LogP contribution is 2.28. The first-order valence-electron chi connectivity index (χ1n) is 10.1. The van der Waals surface area contributed by atoms with E-state index in [4.69, 9.17) is 17.2 Å². The van der Waals surface area contributed by atoms with Gasteiger partial charge >= 0.3 is 0 Å². The number of piperazine rings is 1. The molecule has 1 aliphatic heterocycles. The first-order valence-corrected chi connectivity index (χ1v) is 11.3. The maximum Gasteiger partial charge on any atom is 0.185 e. The van der Waals surface area contributed by atoms with Crippen molar-refractivity contribution >= 4 is 39.5 Å². The Morgan fingerprint density at radius 1 is 1.07 bits per heavy atom. The van der Waals surface area contributed by atoms with E-state index in [9.17, 15) is 0 Å². The molecule has 4 nitrogen and oxygen atoms in total. The number of rotatable bonds is 4. The first-order chi connectivity index (χ1) is 14.1. The summed E-state index contributed by atoms with van der Waals surface area (Å²) in [5.41, 5.74) is 5.91. The van der Waals surface area contributed by atoms with Gasteiger partial charge < -0.3 is 15.1 Å². The van der Waals surface area contributed by atoms with Crippen molar-refractivity contribution in [3.8, 4) is 11.3 Å². The van der Waals surface area contributed by atoms with Gasteiger partial charge in [0.1, 0.15) is 0 Å². The maximum atomic E-state index is 5.68. The lowest BCUT2D eigenvalue weighted by atomic mass is 10.1. The van der Waals surface area contributed by atoms with Gasteiger partial charge in [0.2, 0.25) is 0 Å². The average molecular weight is 423 g/mol. The first kappa shape index (κ1) is 19.9. The molecule has 0 radical (unpaired) electrons. The monoisotopic (exact) mass is 422 g/mol. The highest BCUT2D eigenvalue weighted by molar-refractivity contribution is 7.80. The number of anilines is 2. The highest BCUT2D eigenvalue weighted by atomic mass is 32.1. The SMILES string of the molecule is CCc1ccccc1NC(=S)N1CCN(c2nc(-c3ccc(C)cc3)cs2)CC1. The zero-order chi connectivity index (χ0) is 20.2. The zero-order valence-electron chi connectivity index (χ0n) is 16.9. The Kier molecular flexibility index (Phi) is 6.11. The molecule has 1 aliphatic rings. The summed E-state index contributed by atoms with van der Waals surface area (Å²) in [4.78, 5) is 9.49. The van der Waals surface area contributed by atoms with E-state index < -0.39 is 0 Å². The van der Waals surface area contributed by atoms with E-state index in [1.54, 1.807) is 11.3 Å². The summed E-state index contributed by atoms with van der Waals surface area (Å²) in [5.74, 6) is 0. The Morgan fingerprint density at radius 3 is 2.52 bits per heavy atom. The summed E-state index contributed by atoms with van der Waals surface area (Å²) >= 11 is 7.40. The summed E-state index contributed by atoms with van der Waals surface area (Å²) in [7, 11) is 0. The van der Waals surface area contributed by atoms with E-state index in [-0.39, 0.29) is 0 Å². The molecule has 0 amide bonds. The molecule has 6 heteroatoms. The Bertz CT molecular complexity index is 973. The highest BCUT2D eigenvalue weighted by Gasteiger charge is 2.21. The minimum atomic E-state index is 0.810. The van der Waals surface area contributed by atoms with E-state index in [2.05, 4.69) is 82.9 Å². The van der Waals surface area contributed by atoms with Crippen LogP contribution in [-0.2, 0) is 6.42 Å². The number of aromatic nitrogens is 1. The van der Waals surface area contributed by atoms with Gasteiger partial charge in [-0.1, -0.05) is 55.0 Å². The van der Waals surface area contributed by atoms with Gasteiger partial charge in [-0.3, -0.25) is 0 Å². The van der Waals surface area contributed by atoms with Crippen molar-refractivity contribution in [1.29, 1.82) is 0 Å². The minimum absolute atomic E-state index is 0.810. The number of thiazole rings is 1. The van der Waals surface area contributed by atoms with E-state index in [0.29, 0.717) is 0 Å². The summed E-state index contributed by atoms with van der Waals surface area (Å²) in [5, 5.41) is 7.50. The van der Waals surface area contributed by atoms with Crippen LogP contribution in [-0.4, -0.2) is 41.2 Å². The fourth-order valence-corrected chi connectivity index (χ4v) is 4.69. The third-order valence-electron chi connectivity index (χ3n) is 5.32. The molecule has 2 heterocycles. The van der Waals surface area contributed by atoms with Crippen LogP contribution in [0, 0.1) is 6.92 Å². The number of thiocarbonyl (C=S) groups is 1. The Balaban J connectivity index is 1.36. The molecule has 1 aromatic heterocycles. The third kappa shape index (κ3) is 4.60. The topological polar surface area (TPSA) is 31.4 Å². The summed E-state index contributed by atoms with van der Waals surface area (Å²) in [6.45, 7) is 7.94. The quantitative estimate of drug-likeness (QED) is 0.584. The molecule has 150 valence electrons. The number of para-hydroxylation sites is 1. The van der Waals surface area contributed by atoms with Crippen LogP contribution in [0.3, 0.4) is 0 Å².